The van der Waals surface area contributed by atoms with E-state index in [2.05, 4.69) is 14.5 Å². The first kappa shape index (κ1) is 20.7. The van der Waals surface area contributed by atoms with Gasteiger partial charge >= 0.3 is 6.18 Å². The molecule has 3 rings (SSSR count). The number of hydrogen-bond acceptors (Lipinski definition) is 6. The highest BCUT2D eigenvalue weighted by Gasteiger charge is 2.31. The molecule has 0 amide bonds. The first-order valence-corrected chi connectivity index (χ1v) is 10.3. The van der Waals surface area contributed by atoms with Crippen LogP contribution in [0.4, 0.5) is 13.2 Å². The molecule has 0 radical (unpaired) electrons. The summed E-state index contributed by atoms with van der Waals surface area (Å²) in [5, 5.41) is 3.77. The second kappa shape index (κ2) is 7.78. The molecule has 0 aliphatic rings. The zero-order valence-corrected chi connectivity index (χ0v) is 16.3. The molecule has 6 nitrogen and oxygen atoms in total. The molecule has 0 saturated carbocycles. The molecule has 0 aliphatic heterocycles. The van der Waals surface area contributed by atoms with Gasteiger partial charge in [0.25, 0.3) is 0 Å². The van der Waals surface area contributed by atoms with Crippen LogP contribution in [0.1, 0.15) is 21.7 Å². The monoisotopic (exact) mass is 423 g/mol. The third-order valence-corrected chi connectivity index (χ3v) is 5.77. The number of halogens is 3. The van der Waals surface area contributed by atoms with Crippen LogP contribution in [0.25, 0.3) is 11.3 Å². The number of nitrogens with zero attached hydrogens (tertiary/aromatic N) is 3. The molecule has 0 N–H and O–H groups in total. The summed E-state index contributed by atoms with van der Waals surface area (Å²) < 4.78 is 59.6. The highest BCUT2D eigenvalue weighted by atomic mass is 32.2. The van der Waals surface area contributed by atoms with Crippen LogP contribution >= 0.6 is 0 Å². The molecule has 1 unspecified atom stereocenters. The quantitative estimate of drug-likeness (QED) is 0.568. The molecule has 0 aliphatic carbocycles. The summed E-state index contributed by atoms with van der Waals surface area (Å²) >= 11 is 0. The van der Waals surface area contributed by atoms with Crippen molar-refractivity contribution < 1.29 is 26.7 Å². The minimum Gasteiger partial charge on any atom is -0.352 e. The van der Waals surface area contributed by atoms with Crippen LogP contribution in [0.15, 0.2) is 62.6 Å². The van der Waals surface area contributed by atoms with E-state index in [1.54, 1.807) is 6.92 Å². The molecule has 0 saturated heterocycles. The van der Waals surface area contributed by atoms with Crippen molar-refractivity contribution in [1.29, 1.82) is 0 Å². The normalized spacial score (nSPS) is 13.7. The van der Waals surface area contributed by atoms with Crippen LogP contribution in [0, 0.1) is 6.92 Å². The van der Waals surface area contributed by atoms with Crippen molar-refractivity contribution in [2.45, 2.75) is 18.1 Å². The number of rotatable bonds is 5. The summed E-state index contributed by atoms with van der Waals surface area (Å²) in [6.07, 6.45) is -2.76. The van der Waals surface area contributed by atoms with Crippen LogP contribution < -0.4 is 0 Å². The van der Waals surface area contributed by atoms with Crippen molar-refractivity contribution in [2.75, 3.05) is 12.8 Å². The van der Waals surface area contributed by atoms with Crippen molar-refractivity contribution >= 4 is 15.5 Å². The maximum atomic E-state index is 12.7. The molecule has 2 heterocycles. The zero-order valence-electron chi connectivity index (χ0n) is 15.4. The largest absolute Gasteiger partial charge is 0.417 e. The van der Waals surface area contributed by atoms with E-state index in [-0.39, 0.29) is 10.8 Å². The summed E-state index contributed by atoms with van der Waals surface area (Å²) in [4.78, 5) is 16.0. The molecule has 0 bridgehead atoms. The number of pyridine rings is 1. The predicted molar refractivity (Wildman–Crippen MR) is 99.9 cm³/mol. The molecule has 0 fully saturated rings. The highest BCUT2D eigenvalue weighted by molar-refractivity contribution is 7.92. The lowest BCUT2D eigenvalue weighted by atomic mass is 10.1. The van der Waals surface area contributed by atoms with E-state index in [0.717, 1.165) is 17.7 Å². The number of hydrogen-bond donors (Lipinski definition) is 0. The predicted octanol–water partition coefficient (Wildman–Crippen LogP) is 4.40. The van der Waals surface area contributed by atoms with Gasteiger partial charge in [-0.3, -0.25) is 4.79 Å². The van der Waals surface area contributed by atoms with E-state index in [0.29, 0.717) is 17.5 Å². The van der Waals surface area contributed by atoms with Crippen molar-refractivity contribution in [1.82, 2.24) is 10.1 Å². The average molecular weight is 423 g/mol. The topological polar surface area (TPSA) is 85.4 Å². The highest BCUT2D eigenvalue weighted by Crippen LogP contribution is 2.29. The Kier molecular flexibility index (Phi) is 5.56. The van der Waals surface area contributed by atoms with Crippen LogP contribution in [-0.2, 0) is 15.9 Å². The van der Waals surface area contributed by atoms with Crippen LogP contribution in [-0.4, -0.2) is 32.9 Å². The van der Waals surface area contributed by atoms with Gasteiger partial charge in [-0.05, 0) is 19.1 Å². The van der Waals surface area contributed by atoms with Gasteiger partial charge in [0, 0.05) is 23.6 Å². The summed E-state index contributed by atoms with van der Waals surface area (Å²) in [5.41, 5.74) is 0.846. The van der Waals surface area contributed by atoms with Crippen LogP contribution in [0.5, 0.6) is 0 Å². The maximum absolute atomic E-state index is 12.7. The Morgan fingerprint density at radius 3 is 2.45 bits per heavy atom. The van der Waals surface area contributed by atoms with Gasteiger partial charge in [0.1, 0.15) is 17.3 Å². The van der Waals surface area contributed by atoms with Gasteiger partial charge in [-0.15, -0.1) is 0 Å². The SMILES string of the molecule is Cc1c(-c2ccccc2)noc1C(=O)CN=S(C)(=O)c1ccc(C(F)(F)F)cn1. The van der Waals surface area contributed by atoms with E-state index in [1.807, 2.05) is 30.3 Å². The number of carbonyl (C=O) groups excluding carboxylic acids is 1. The Morgan fingerprint density at radius 1 is 1.17 bits per heavy atom. The van der Waals surface area contributed by atoms with E-state index in [4.69, 9.17) is 4.52 Å². The summed E-state index contributed by atoms with van der Waals surface area (Å²) in [6.45, 7) is 1.19. The first-order chi connectivity index (χ1) is 13.6. The lowest BCUT2D eigenvalue weighted by molar-refractivity contribution is -0.137. The lowest BCUT2D eigenvalue weighted by Crippen LogP contribution is -2.10. The van der Waals surface area contributed by atoms with Crippen LogP contribution in [0.3, 0.4) is 0 Å². The number of carbonyl (C=O) groups is 1. The Hall–Kier alpha value is -3.01. The fourth-order valence-corrected chi connectivity index (χ4v) is 3.62. The Balaban J connectivity index is 1.81. The van der Waals surface area contributed by atoms with Gasteiger partial charge in [-0.25, -0.2) is 13.6 Å². The molecule has 152 valence electrons. The van der Waals surface area contributed by atoms with Crippen molar-refractivity contribution in [3.63, 3.8) is 0 Å². The number of ketones is 1. The summed E-state index contributed by atoms with van der Waals surface area (Å²) in [7, 11) is -3.17. The van der Waals surface area contributed by atoms with Crippen molar-refractivity contribution in [2.24, 2.45) is 4.36 Å². The van der Waals surface area contributed by atoms with Crippen molar-refractivity contribution in [3.05, 3.63) is 65.5 Å². The Morgan fingerprint density at radius 2 is 1.86 bits per heavy atom. The van der Waals surface area contributed by atoms with E-state index < -0.39 is 33.8 Å². The number of alkyl halides is 3. The number of benzene rings is 1. The van der Waals surface area contributed by atoms with Gasteiger partial charge in [0.2, 0.25) is 11.5 Å². The summed E-state index contributed by atoms with van der Waals surface area (Å²) in [5.74, 6) is -0.554. The molecular formula is C19H16F3N3O3S. The Bertz CT molecular complexity index is 1150. The van der Waals surface area contributed by atoms with E-state index in [1.165, 1.54) is 6.26 Å². The average Bonchev–Trinajstić information content (AvgIpc) is 3.08. The van der Waals surface area contributed by atoms with Gasteiger partial charge < -0.3 is 4.52 Å². The zero-order chi connectivity index (χ0) is 21.2. The summed E-state index contributed by atoms with van der Waals surface area (Å²) in [6, 6.07) is 10.9. The Labute approximate surface area is 164 Å². The molecule has 2 aromatic heterocycles. The second-order valence-corrected chi connectivity index (χ2v) is 8.53. The minimum absolute atomic E-state index is 0.0109. The second-order valence-electron chi connectivity index (χ2n) is 6.25. The van der Waals surface area contributed by atoms with Gasteiger partial charge in [-0.1, -0.05) is 35.5 Å². The molecule has 29 heavy (non-hydrogen) atoms. The number of aromatic nitrogens is 2. The maximum Gasteiger partial charge on any atom is 0.417 e. The van der Waals surface area contributed by atoms with Crippen molar-refractivity contribution in [3.8, 4) is 11.3 Å². The minimum atomic E-state index is -4.55. The van der Waals surface area contributed by atoms with E-state index in [9.17, 15) is 22.2 Å². The molecule has 1 atom stereocenters. The van der Waals surface area contributed by atoms with Gasteiger partial charge in [0.05, 0.1) is 15.3 Å². The van der Waals surface area contributed by atoms with Crippen LogP contribution in [0.2, 0.25) is 0 Å². The molecular weight excluding hydrogens is 407 g/mol. The third-order valence-electron chi connectivity index (χ3n) is 4.13. The smallest absolute Gasteiger partial charge is 0.352 e. The van der Waals surface area contributed by atoms with E-state index >= 15 is 0 Å². The third kappa shape index (κ3) is 4.53. The molecule has 10 heteroatoms. The standard InChI is InChI=1S/C19H16F3N3O3S/c1-12-17(13-6-4-3-5-7-13)25-28-18(12)15(26)11-24-29(2,27)16-9-8-14(10-23-16)19(20,21)22/h3-10H,11H2,1-2H3. The lowest BCUT2D eigenvalue weighted by Gasteiger charge is -2.07. The fraction of sp³-hybridized carbons (Fsp3) is 0.211. The fourth-order valence-electron chi connectivity index (χ4n) is 2.55. The van der Waals surface area contributed by atoms with Gasteiger partial charge in [-0.2, -0.15) is 13.2 Å². The number of Topliss-reactive ketones (excluding diaryl/α,β-unsaturated/α-hetero) is 1. The molecule has 0 spiro atoms. The molecule has 1 aromatic carbocycles. The molecule has 3 aromatic rings. The first-order valence-electron chi connectivity index (χ1n) is 8.35. The van der Waals surface area contributed by atoms with Gasteiger partial charge in [0.15, 0.2) is 0 Å².